The van der Waals surface area contributed by atoms with Crippen molar-refractivity contribution in [1.82, 2.24) is 14.9 Å². The van der Waals surface area contributed by atoms with E-state index in [-0.39, 0.29) is 0 Å². The number of hydrogen-bond donors (Lipinski definition) is 0. The van der Waals surface area contributed by atoms with E-state index < -0.39 is 0 Å². The van der Waals surface area contributed by atoms with Crippen LogP contribution < -0.4 is 0 Å². The SMILES string of the molecule is COCCN1CCC(Cc2cncc(Cl)n2)CC1. The molecule has 1 saturated heterocycles. The highest BCUT2D eigenvalue weighted by Gasteiger charge is 2.19. The second-order valence-electron chi connectivity index (χ2n) is 4.82. The first-order chi connectivity index (χ1) is 8.78. The summed E-state index contributed by atoms with van der Waals surface area (Å²) in [5.74, 6) is 0.705. The molecule has 5 heteroatoms. The Hall–Kier alpha value is -0.710. The second-order valence-corrected chi connectivity index (χ2v) is 5.20. The lowest BCUT2D eigenvalue weighted by atomic mass is 9.92. The Balaban J connectivity index is 1.76. The zero-order valence-electron chi connectivity index (χ0n) is 10.8. The van der Waals surface area contributed by atoms with Crippen LogP contribution in [-0.2, 0) is 11.2 Å². The lowest BCUT2D eigenvalue weighted by molar-refractivity contribution is 0.120. The van der Waals surface area contributed by atoms with Gasteiger partial charge in [0.05, 0.1) is 18.5 Å². The Morgan fingerprint density at radius 1 is 1.39 bits per heavy atom. The molecule has 18 heavy (non-hydrogen) atoms. The van der Waals surface area contributed by atoms with Crippen LogP contribution in [-0.4, -0.2) is 48.2 Å². The molecule has 100 valence electrons. The van der Waals surface area contributed by atoms with Crippen LogP contribution in [0.2, 0.25) is 5.15 Å². The van der Waals surface area contributed by atoms with Gasteiger partial charge in [0.2, 0.25) is 0 Å². The van der Waals surface area contributed by atoms with Crippen molar-refractivity contribution < 1.29 is 4.74 Å². The molecule has 1 aromatic rings. The van der Waals surface area contributed by atoms with Gasteiger partial charge in [-0.3, -0.25) is 4.98 Å². The normalized spacial score (nSPS) is 18.1. The third-order valence-corrected chi connectivity index (χ3v) is 3.65. The number of halogens is 1. The van der Waals surface area contributed by atoms with Crippen molar-refractivity contribution in [1.29, 1.82) is 0 Å². The van der Waals surface area contributed by atoms with E-state index in [0.717, 1.165) is 38.4 Å². The van der Waals surface area contributed by atoms with Crippen molar-refractivity contribution in [3.63, 3.8) is 0 Å². The van der Waals surface area contributed by atoms with Crippen molar-refractivity contribution in [3.05, 3.63) is 23.2 Å². The van der Waals surface area contributed by atoms with Gasteiger partial charge < -0.3 is 9.64 Å². The van der Waals surface area contributed by atoms with Crippen LogP contribution in [0.15, 0.2) is 12.4 Å². The maximum Gasteiger partial charge on any atom is 0.147 e. The molecule has 4 nitrogen and oxygen atoms in total. The summed E-state index contributed by atoms with van der Waals surface area (Å²) in [5, 5.41) is 0.491. The van der Waals surface area contributed by atoms with Gasteiger partial charge in [0.25, 0.3) is 0 Å². The second kappa shape index (κ2) is 7.02. The first kappa shape index (κ1) is 13.7. The Labute approximate surface area is 113 Å². The van der Waals surface area contributed by atoms with Crippen LogP contribution in [0, 0.1) is 5.92 Å². The number of rotatable bonds is 5. The first-order valence-electron chi connectivity index (χ1n) is 6.45. The lowest BCUT2D eigenvalue weighted by Crippen LogP contribution is -2.36. The number of aromatic nitrogens is 2. The van der Waals surface area contributed by atoms with Crippen molar-refractivity contribution in [2.75, 3.05) is 33.4 Å². The Morgan fingerprint density at radius 2 is 2.17 bits per heavy atom. The molecular formula is C13H20ClN3O. The van der Waals surface area contributed by atoms with Crippen LogP contribution in [0.1, 0.15) is 18.5 Å². The molecule has 0 amide bonds. The number of hydrogen-bond acceptors (Lipinski definition) is 4. The van der Waals surface area contributed by atoms with E-state index in [9.17, 15) is 0 Å². The molecule has 0 aromatic carbocycles. The summed E-state index contributed by atoms with van der Waals surface area (Å²) in [4.78, 5) is 10.9. The highest BCUT2D eigenvalue weighted by atomic mass is 35.5. The molecule has 1 aliphatic rings. The number of likely N-dealkylation sites (tertiary alicyclic amines) is 1. The molecule has 0 radical (unpaired) electrons. The van der Waals surface area contributed by atoms with Gasteiger partial charge in [0, 0.05) is 19.9 Å². The number of piperidine rings is 1. The molecule has 0 atom stereocenters. The van der Waals surface area contributed by atoms with Gasteiger partial charge in [-0.25, -0.2) is 4.98 Å². The fourth-order valence-corrected chi connectivity index (χ4v) is 2.57. The summed E-state index contributed by atoms with van der Waals surface area (Å²) in [5.41, 5.74) is 1.01. The minimum Gasteiger partial charge on any atom is -0.383 e. The monoisotopic (exact) mass is 269 g/mol. The van der Waals surface area contributed by atoms with E-state index in [4.69, 9.17) is 16.3 Å². The molecule has 0 spiro atoms. The molecular weight excluding hydrogens is 250 g/mol. The minimum absolute atomic E-state index is 0.491. The fourth-order valence-electron chi connectivity index (χ4n) is 2.41. The van der Waals surface area contributed by atoms with Gasteiger partial charge in [-0.1, -0.05) is 11.6 Å². The van der Waals surface area contributed by atoms with Gasteiger partial charge in [-0.2, -0.15) is 0 Å². The quantitative estimate of drug-likeness (QED) is 0.820. The average Bonchev–Trinajstić information content (AvgIpc) is 2.38. The molecule has 1 aromatic heterocycles. The summed E-state index contributed by atoms with van der Waals surface area (Å²) in [6, 6.07) is 0. The van der Waals surface area contributed by atoms with E-state index in [2.05, 4.69) is 14.9 Å². The van der Waals surface area contributed by atoms with Crippen LogP contribution in [0.25, 0.3) is 0 Å². The number of ether oxygens (including phenoxy) is 1. The first-order valence-corrected chi connectivity index (χ1v) is 6.83. The van der Waals surface area contributed by atoms with Crippen molar-refractivity contribution in [2.24, 2.45) is 5.92 Å². The zero-order chi connectivity index (χ0) is 12.8. The van der Waals surface area contributed by atoms with Gasteiger partial charge in [0.15, 0.2) is 0 Å². The standard InChI is InChI=1S/C13H20ClN3O/c1-18-7-6-17-4-2-11(3-5-17)8-12-9-15-10-13(14)16-12/h9-11H,2-8H2,1H3. The van der Waals surface area contributed by atoms with Gasteiger partial charge in [-0.05, 0) is 38.3 Å². The number of nitrogens with zero attached hydrogens (tertiary/aromatic N) is 3. The Kier molecular flexibility index (Phi) is 5.35. The Morgan fingerprint density at radius 3 is 2.83 bits per heavy atom. The summed E-state index contributed by atoms with van der Waals surface area (Å²) in [7, 11) is 1.75. The smallest absolute Gasteiger partial charge is 0.147 e. The molecule has 1 aliphatic heterocycles. The molecule has 1 fully saturated rings. The Bertz CT molecular complexity index is 367. The van der Waals surface area contributed by atoms with Crippen LogP contribution in [0.4, 0.5) is 0 Å². The highest BCUT2D eigenvalue weighted by molar-refractivity contribution is 6.29. The molecule has 2 heterocycles. The van der Waals surface area contributed by atoms with Crippen molar-refractivity contribution >= 4 is 11.6 Å². The van der Waals surface area contributed by atoms with Gasteiger partial charge >= 0.3 is 0 Å². The molecule has 2 rings (SSSR count). The third-order valence-electron chi connectivity index (χ3n) is 3.47. The average molecular weight is 270 g/mol. The molecule has 0 unspecified atom stereocenters. The zero-order valence-corrected chi connectivity index (χ0v) is 11.6. The van der Waals surface area contributed by atoms with Crippen LogP contribution in [0.5, 0.6) is 0 Å². The van der Waals surface area contributed by atoms with Gasteiger partial charge in [0.1, 0.15) is 5.15 Å². The van der Waals surface area contributed by atoms with Gasteiger partial charge in [-0.15, -0.1) is 0 Å². The lowest BCUT2D eigenvalue weighted by Gasteiger charge is -2.31. The van der Waals surface area contributed by atoms with E-state index in [1.807, 2.05) is 6.20 Å². The summed E-state index contributed by atoms with van der Waals surface area (Å²) in [6.45, 7) is 4.18. The van der Waals surface area contributed by atoms with E-state index in [1.54, 1.807) is 13.3 Å². The topological polar surface area (TPSA) is 38.2 Å². The van der Waals surface area contributed by atoms with Crippen LogP contribution >= 0.6 is 11.6 Å². The summed E-state index contributed by atoms with van der Waals surface area (Å²) < 4.78 is 5.11. The van der Waals surface area contributed by atoms with Crippen molar-refractivity contribution in [2.45, 2.75) is 19.3 Å². The fraction of sp³-hybridized carbons (Fsp3) is 0.692. The van der Waals surface area contributed by atoms with Crippen LogP contribution in [0.3, 0.4) is 0 Å². The number of methoxy groups -OCH3 is 1. The molecule has 0 saturated carbocycles. The van der Waals surface area contributed by atoms with E-state index in [0.29, 0.717) is 11.1 Å². The predicted octanol–water partition coefficient (Wildman–Crippen LogP) is 2.03. The van der Waals surface area contributed by atoms with Crippen molar-refractivity contribution in [3.8, 4) is 0 Å². The maximum atomic E-state index is 5.85. The van der Waals surface area contributed by atoms with E-state index >= 15 is 0 Å². The third kappa shape index (κ3) is 4.19. The molecule has 0 aliphatic carbocycles. The highest BCUT2D eigenvalue weighted by Crippen LogP contribution is 2.20. The predicted molar refractivity (Wildman–Crippen MR) is 71.8 cm³/mol. The molecule has 0 N–H and O–H groups in total. The minimum atomic E-state index is 0.491. The summed E-state index contributed by atoms with van der Waals surface area (Å²) in [6.07, 6.45) is 6.84. The largest absolute Gasteiger partial charge is 0.383 e. The summed E-state index contributed by atoms with van der Waals surface area (Å²) >= 11 is 5.85. The molecule has 0 bridgehead atoms. The van der Waals surface area contributed by atoms with E-state index in [1.165, 1.54) is 12.8 Å². The maximum absolute atomic E-state index is 5.85.